The Balaban J connectivity index is 3.53. The summed E-state index contributed by atoms with van der Waals surface area (Å²) in [4.78, 5) is 11.2. The monoisotopic (exact) mass is 170 g/mol. The summed E-state index contributed by atoms with van der Waals surface area (Å²) in [7, 11) is 0. The van der Waals surface area contributed by atoms with E-state index in [1.54, 1.807) is 6.08 Å². The maximum Gasteiger partial charge on any atom is 0.224 e. The van der Waals surface area contributed by atoms with Crippen LogP contribution in [0.3, 0.4) is 0 Å². The smallest absolute Gasteiger partial charge is 0.224 e. The van der Waals surface area contributed by atoms with Crippen molar-refractivity contribution >= 4 is 5.91 Å². The van der Waals surface area contributed by atoms with E-state index in [0.29, 0.717) is 6.54 Å². The fraction of sp³-hybridized carbons (Fsp3) is 0.667. The lowest BCUT2D eigenvalue weighted by Crippen LogP contribution is -2.35. The molecule has 2 N–H and O–H groups in total. The summed E-state index contributed by atoms with van der Waals surface area (Å²) in [5, 5.41) is 5.86. The van der Waals surface area contributed by atoms with Crippen molar-refractivity contribution in [3.63, 3.8) is 0 Å². The summed E-state index contributed by atoms with van der Waals surface area (Å²) < 4.78 is 0. The molecule has 0 heterocycles. The molecule has 70 valence electrons. The van der Waals surface area contributed by atoms with Gasteiger partial charge in [0.15, 0.2) is 0 Å². The van der Waals surface area contributed by atoms with Crippen LogP contribution >= 0.6 is 0 Å². The molecule has 0 saturated heterocycles. The summed E-state index contributed by atoms with van der Waals surface area (Å²) >= 11 is 0. The highest BCUT2D eigenvalue weighted by Crippen LogP contribution is 1.91. The Morgan fingerprint density at radius 1 is 1.67 bits per heavy atom. The van der Waals surface area contributed by atoms with Gasteiger partial charge in [-0.15, -0.1) is 6.58 Å². The summed E-state index contributed by atoms with van der Waals surface area (Å²) in [6.45, 7) is 9.64. The van der Waals surface area contributed by atoms with Gasteiger partial charge in [0, 0.05) is 19.0 Å². The summed E-state index contributed by atoms with van der Waals surface area (Å²) in [6.07, 6.45) is 1.68. The molecular weight excluding hydrogens is 152 g/mol. The van der Waals surface area contributed by atoms with Crippen molar-refractivity contribution in [2.75, 3.05) is 19.6 Å². The maximum absolute atomic E-state index is 11.2. The lowest BCUT2D eigenvalue weighted by molar-refractivity contribution is -0.124. The third kappa shape index (κ3) is 4.91. The molecule has 1 amide bonds. The highest BCUT2D eigenvalue weighted by atomic mass is 16.1. The average Bonchev–Trinajstić information content (AvgIpc) is 2.10. The molecular formula is C9H18N2O. The molecule has 3 heteroatoms. The molecule has 1 unspecified atom stereocenters. The number of rotatable bonds is 6. The van der Waals surface area contributed by atoms with E-state index < -0.39 is 0 Å². The quantitative estimate of drug-likeness (QED) is 0.571. The van der Waals surface area contributed by atoms with E-state index in [2.05, 4.69) is 17.2 Å². The topological polar surface area (TPSA) is 41.1 Å². The molecule has 0 spiro atoms. The second-order valence-electron chi connectivity index (χ2n) is 2.74. The summed E-state index contributed by atoms with van der Waals surface area (Å²) in [5.74, 6) is 0.112. The van der Waals surface area contributed by atoms with Crippen molar-refractivity contribution < 1.29 is 4.79 Å². The fourth-order valence-electron chi connectivity index (χ4n) is 0.801. The van der Waals surface area contributed by atoms with Crippen molar-refractivity contribution in [1.82, 2.24) is 10.6 Å². The predicted octanol–water partition coefficient (Wildman–Crippen LogP) is 0.534. The number of nitrogens with one attached hydrogen (secondary N) is 2. The predicted molar refractivity (Wildman–Crippen MR) is 50.9 cm³/mol. The minimum absolute atomic E-state index is 0.0323. The van der Waals surface area contributed by atoms with E-state index >= 15 is 0 Å². The molecule has 1 atom stereocenters. The number of carbonyl (C=O) groups excluding carboxylic acids is 1. The zero-order chi connectivity index (χ0) is 9.40. The first-order valence-electron chi connectivity index (χ1n) is 4.31. The Kier molecular flexibility index (Phi) is 6.38. The number of hydrogen-bond acceptors (Lipinski definition) is 2. The first-order chi connectivity index (χ1) is 5.72. The van der Waals surface area contributed by atoms with Gasteiger partial charge in [-0.2, -0.15) is 0 Å². The SMILES string of the molecule is C=CCNC(=O)C(C)CNCC. The van der Waals surface area contributed by atoms with Crippen LogP contribution in [-0.4, -0.2) is 25.5 Å². The second kappa shape index (κ2) is 6.85. The van der Waals surface area contributed by atoms with Crippen molar-refractivity contribution in [3.05, 3.63) is 12.7 Å². The van der Waals surface area contributed by atoms with Crippen LogP contribution in [0.15, 0.2) is 12.7 Å². The Morgan fingerprint density at radius 3 is 2.83 bits per heavy atom. The molecule has 0 fully saturated rings. The molecule has 0 aliphatic heterocycles. The Labute approximate surface area is 74.2 Å². The van der Waals surface area contributed by atoms with E-state index in [9.17, 15) is 4.79 Å². The molecule has 0 aliphatic rings. The lowest BCUT2D eigenvalue weighted by atomic mass is 10.1. The molecule has 0 aromatic rings. The van der Waals surface area contributed by atoms with Gasteiger partial charge in [0.1, 0.15) is 0 Å². The largest absolute Gasteiger partial charge is 0.352 e. The molecule has 0 aliphatic carbocycles. The van der Waals surface area contributed by atoms with Crippen molar-refractivity contribution in [2.24, 2.45) is 5.92 Å². The Hall–Kier alpha value is -0.830. The summed E-state index contributed by atoms with van der Waals surface area (Å²) in [6, 6.07) is 0. The minimum atomic E-state index is 0.0323. The standard InChI is InChI=1S/C9H18N2O/c1-4-6-11-9(12)8(3)7-10-5-2/h4,8,10H,1,5-7H2,2-3H3,(H,11,12). The van der Waals surface area contributed by atoms with Gasteiger partial charge in [-0.05, 0) is 6.54 Å². The van der Waals surface area contributed by atoms with Crippen LogP contribution in [0.5, 0.6) is 0 Å². The third-order valence-electron chi connectivity index (χ3n) is 1.57. The summed E-state index contributed by atoms with van der Waals surface area (Å²) in [5.41, 5.74) is 0. The van der Waals surface area contributed by atoms with Crippen molar-refractivity contribution in [1.29, 1.82) is 0 Å². The van der Waals surface area contributed by atoms with Gasteiger partial charge in [-0.3, -0.25) is 4.79 Å². The van der Waals surface area contributed by atoms with Gasteiger partial charge >= 0.3 is 0 Å². The van der Waals surface area contributed by atoms with E-state index in [0.717, 1.165) is 13.1 Å². The lowest BCUT2D eigenvalue weighted by Gasteiger charge is -2.10. The molecule has 12 heavy (non-hydrogen) atoms. The van der Waals surface area contributed by atoms with Gasteiger partial charge in [0.25, 0.3) is 0 Å². The molecule has 0 aromatic heterocycles. The van der Waals surface area contributed by atoms with Crippen LogP contribution in [-0.2, 0) is 4.79 Å². The molecule has 0 radical (unpaired) electrons. The van der Waals surface area contributed by atoms with Crippen LogP contribution in [0.1, 0.15) is 13.8 Å². The van der Waals surface area contributed by atoms with Gasteiger partial charge in [-0.1, -0.05) is 19.9 Å². The number of hydrogen-bond donors (Lipinski definition) is 2. The normalized spacial score (nSPS) is 12.2. The van der Waals surface area contributed by atoms with E-state index in [1.165, 1.54) is 0 Å². The molecule has 0 saturated carbocycles. The Morgan fingerprint density at radius 2 is 2.33 bits per heavy atom. The van der Waals surface area contributed by atoms with Gasteiger partial charge < -0.3 is 10.6 Å². The van der Waals surface area contributed by atoms with E-state index in [1.807, 2.05) is 13.8 Å². The van der Waals surface area contributed by atoms with Gasteiger partial charge in [0.2, 0.25) is 5.91 Å². The molecule has 0 bridgehead atoms. The first kappa shape index (κ1) is 11.2. The fourth-order valence-corrected chi connectivity index (χ4v) is 0.801. The Bertz CT molecular complexity index is 145. The van der Waals surface area contributed by atoms with Crippen LogP contribution in [0.2, 0.25) is 0 Å². The molecule has 3 nitrogen and oxygen atoms in total. The van der Waals surface area contributed by atoms with Crippen LogP contribution in [0.25, 0.3) is 0 Å². The zero-order valence-corrected chi connectivity index (χ0v) is 7.89. The highest BCUT2D eigenvalue weighted by molar-refractivity contribution is 5.78. The van der Waals surface area contributed by atoms with Crippen LogP contribution < -0.4 is 10.6 Å². The third-order valence-corrected chi connectivity index (χ3v) is 1.57. The van der Waals surface area contributed by atoms with Crippen LogP contribution in [0, 0.1) is 5.92 Å². The minimum Gasteiger partial charge on any atom is -0.352 e. The van der Waals surface area contributed by atoms with Crippen molar-refractivity contribution in [3.8, 4) is 0 Å². The second-order valence-corrected chi connectivity index (χ2v) is 2.74. The van der Waals surface area contributed by atoms with Crippen molar-refractivity contribution in [2.45, 2.75) is 13.8 Å². The average molecular weight is 170 g/mol. The number of carbonyl (C=O) groups is 1. The van der Waals surface area contributed by atoms with E-state index in [-0.39, 0.29) is 11.8 Å². The first-order valence-corrected chi connectivity index (χ1v) is 4.31. The molecule has 0 aromatic carbocycles. The maximum atomic E-state index is 11.2. The number of amides is 1. The van der Waals surface area contributed by atoms with Gasteiger partial charge in [0.05, 0.1) is 0 Å². The van der Waals surface area contributed by atoms with E-state index in [4.69, 9.17) is 0 Å². The zero-order valence-electron chi connectivity index (χ0n) is 7.89. The molecule has 0 rings (SSSR count). The van der Waals surface area contributed by atoms with Crippen LogP contribution in [0.4, 0.5) is 0 Å². The highest BCUT2D eigenvalue weighted by Gasteiger charge is 2.09. The van der Waals surface area contributed by atoms with Gasteiger partial charge in [-0.25, -0.2) is 0 Å².